The first-order chi connectivity index (χ1) is 6.32. The number of carbonyl (C=O) groups excluding carboxylic acids is 1. The van der Waals surface area contributed by atoms with E-state index in [4.69, 9.17) is 5.11 Å². The zero-order valence-electron chi connectivity index (χ0n) is 8.70. The molecular formula is C9H16N2O3. The van der Waals surface area contributed by atoms with E-state index in [9.17, 15) is 9.59 Å². The summed E-state index contributed by atoms with van der Waals surface area (Å²) in [6, 6.07) is -0.618. The number of aliphatic carboxylic acids is 1. The minimum Gasteiger partial charge on any atom is -0.480 e. The van der Waals surface area contributed by atoms with Crippen molar-refractivity contribution in [1.29, 1.82) is 0 Å². The Morgan fingerprint density at radius 1 is 1.57 bits per heavy atom. The molecule has 1 aliphatic heterocycles. The van der Waals surface area contributed by atoms with Gasteiger partial charge in [-0.05, 0) is 20.8 Å². The molecule has 1 heterocycles. The van der Waals surface area contributed by atoms with E-state index in [1.807, 2.05) is 20.8 Å². The van der Waals surface area contributed by atoms with Crippen molar-refractivity contribution in [2.24, 2.45) is 0 Å². The SMILES string of the molecule is CC(C)(C)N1CC(=O)NCC1C(=O)O. The first kappa shape index (κ1) is 11.0. The van der Waals surface area contributed by atoms with Gasteiger partial charge in [0, 0.05) is 12.1 Å². The molecule has 1 atom stereocenters. The van der Waals surface area contributed by atoms with Crippen molar-refractivity contribution in [2.75, 3.05) is 13.1 Å². The van der Waals surface area contributed by atoms with Gasteiger partial charge in [-0.15, -0.1) is 0 Å². The average Bonchev–Trinajstić information content (AvgIpc) is 2.01. The van der Waals surface area contributed by atoms with E-state index in [2.05, 4.69) is 5.32 Å². The number of rotatable bonds is 1. The Hall–Kier alpha value is -1.10. The number of nitrogens with one attached hydrogen (secondary N) is 1. The fourth-order valence-corrected chi connectivity index (χ4v) is 1.57. The molecule has 5 heteroatoms. The average molecular weight is 200 g/mol. The molecule has 1 fully saturated rings. The molecule has 0 aliphatic carbocycles. The van der Waals surface area contributed by atoms with Crippen LogP contribution < -0.4 is 5.32 Å². The van der Waals surface area contributed by atoms with Crippen LogP contribution in [0.1, 0.15) is 20.8 Å². The number of amides is 1. The lowest BCUT2D eigenvalue weighted by molar-refractivity contribution is -0.149. The number of carboxylic acid groups (broad SMARTS) is 1. The minimum absolute atomic E-state index is 0.113. The predicted octanol–water partition coefficient (Wildman–Crippen LogP) is -0.330. The lowest BCUT2D eigenvalue weighted by Gasteiger charge is -2.41. The van der Waals surface area contributed by atoms with Gasteiger partial charge in [-0.1, -0.05) is 0 Å². The quantitative estimate of drug-likeness (QED) is 0.608. The summed E-state index contributed by atoms with van der Waals surface area (Å²) in [5.41, 5.74) is -0.305. The zero-order chi connectivity index (χ0) is 10.9. The van der Waals surface area contributed by atoms with Gasteiger partial charge in [-0.2, -0.15) is 0 Å². The van der Waals surface area contributed by atoms with Crippen molar-refractivity contribution < 1.29 is 14.7 Å². The molecule has 1 unspecified atom stereocenters. The van der Waals surface area contributed by atoms with Crippen LogP contribution in [0.3, 0.4) is 0 Å². The van der Waals surface area contributed by atoms with Crippen LogP contribution in [0.2, 0.25) is 0 Å². The normalized spacial score (nSPS) is 24.5. The summed E-state index contributed by atoms with van der Waals surface area (Å²) >= 11 is 0. The van der Waals surface area contributed by atoms with Crippen LogP contribution in [-0.2, 0) is 9.59 Å². The summed E-state index contributed by atoms with van der Waals surface area (Å²) in [6.45, 7) is 6.05. The summed E-state index contributed by atoms with van der Waals surface area (Å²) < 4.78 is 0. The Labute approximate surface area is 83.1 Å². The van der Waals surface area contributed by atoms with Crippen LogP contribution in [0.5, 0.6) is 0 Å². The van der Waals surface area contributed by atoms with Crippen LogP contribution in [0.4, 0.5) is 0 Å². The summed E-state index contributed by atoms with van der Waals surface area (Å²) in [6.07, 6.45) is 0. The summed E-state index contributed by atoms with van der Waals surface area (Å²) in [5, 5.41) is 11.5. The van der Waals surface area contributed by atoms with Crippen molar-refractivity contribution >= 4 is 11.9 Å². The van der Waals surface area contributed by atoms with Gasteiger partial charge in [0.05, 0.1) is 6.54 Å². The molecule has 0 aromatic carbocycles. The number of piperazine rings is 1. The van der Waals surface area contributed by atoms with E-state index < -0.39 is 12.0 Å². The van der Waals surface area contributed by atoms with Crippen LogP contribution in [0, 0.1) is 0 Å². The van der Waals surface area contributed by atoms with E-state index in [1.54, 1.807) is 4.90 Å². The smallest absolute Gasteiger partial charge is 0.322 e. The largest absolute Gasteiger partial charge is 0.480 e. The monoisotopic (exact) mass is 200 g/mol. The number of hydrogen-bond donors (Lipinski definition) is 2. The molecule has 80 valence electrons. The number of carbonyl (C=O) groups is 2. The maximum absolute atomic E-state index is 11.1. The maximum atomic E-state index is 11.1. The lowest BCUT2D eigenvalue weighted by Crippen LogP contribution is -2.62. The highest BCUT2D eigenvalue weighted by atomic mass is 16.4. The first-order valence-corrected chi connectivity index (χ1v) is 4.58. The second-order valence-corrected chi connectivity index (χ2v) is 4.46. The Balaban J connectivity index is 2.84. The molecule has 0 bridgehead atoms. The Bertz CT molecular complexity index is 257. The van der Waals surface area contributed by atoms with E-state index >= 15 is 0 Å². The minimum atomic E-state index is -0.889. The summed E-state index contributed by atoms with van der Waals surface area (Å²) in [4.78, 5) is 23.8. The molecule has 14 heavy (non-hydrogen) atoms. The third-order valence-electron chi connectivity index (χ3n) is 2.33. The third kappa shape index (κ3) is 2.23. The van der Waals surface area contributed by atoms with Gasteiger partial charge in [0.2, 0.25) is 5.91 Å². The Morgan fingerprint density at radius 2 is 2.14 bits per heavy atom. The van der Waals surface area contributed by atoms with Crippen molar-refractivity contribution in [3.8, 4) is 0 Å². The van der Waals surface area contributed by atoms with Gasteiger partial charge < -0.3 is 10.4 Å². The van der Waals surface area contributed by atoms with Gasteiger partial charge in [0.1, 0.15) is 6.04 Å². The highest BCUT2D eigenvalue weighted by Crippen LogP contribution is 2.18. The zero-order valence-corrected chi connectivity index (χ0v) is 8.70. The predicted molar refractivity (Wildman–Crippen MR) is 50.9 cm³/mol. The van der Waals surface area contributed by atoms with Crippen molar-refractivity contribution in [3.05, 3.63) is 0 Å². The fourth-order valence-electron chi connectivity index (χ4n) is 1.57. The van der Waals surface area contributed by atoms with E-state index in [0.717, 1.165) is 0 Å². The fraction of sp³-hybridized carbons (Fsp3) is 0.778. The molecule has 0 aromatic heterocycles. The molecule has 0 aromatic rings. The Morgan fingerprint density at radius 3 is 2.57 bits per heavy atom. The van der Waals surface area contributed by atoms with Crippen molar-refractivity contribution in [3.63, 3.8) is 0 Å². The maximum Gasteiger partial charge on any atom is 0.322 e. The summed E-state index contributed by atoms with van der Waals surface area (Å²) in [5.74, 6) is -1.00. The molecule has 0 radical (unpaired) electrons. The van der Waals surface area contributed by atoms with Crippen LogP contribution in [0.15, 0.2) is 0 Å². The van der Waals surface area contributed by atoms with Gasteiger partial charge in [-0.25, -0.2) is 0 Å². The molecule has 5 nitrogen and oxygen atoms in total. The topological polar surface area (TPSA) is 69.6 Å². The number of carboxylic acids is 1. The van der Waals surface area contributed by atoms with E-state index in [-0.39, 0.29) is 24.5 Å². The molecule has 0 saturated carbocycles. The standard InChI is InChI=1S/C9H16N2O3/c1-9(2,3)11-5-7(12)10-4-6(11)8(13)14/h6H,4-5H2,1-3H3,(H,10,12)(H,13,14). The van der Waals surface area contributed by atoms with Gasteiger partial charge in [-0.3, -0.25) is 14.5 Å². The van der Waals surface area contributed by atoms with Crippen LogP contribution in [0.25, 0.3) is 0 Å². The molecular weight excluding hydrogens is 184 g/mol. The highest BCUT2D eigenvalue weighted by Gasteiger charge is 2.37. The highest BCUT2D eigenvalue weighted by molar-refractivity contribution is 5.83. The van der Waals surface area contributed by atoms with Crippen molar-refractivity contribution in [2.45, 2.75) is 32.4 Å². The molecule has 1 amide bonds. The van der Waals surface area contributed by atoms with Crippen LogP contribution in [-0.4, -0.2) is 46.6 Å². The van der Waals surface area contributed by atoms with Gasteiger partial charge in [0.25, 0.3) is 0 Å². The van der Waals surface area contributed by atoms with Gasteiger partial charge >= 0.3 is 5.97 Å². The van der Waals surface area contributed by atoms with E-state index in [1.165, 1.54) is 0 Å². The third-order valence-corrected chi connectivity index (χ3v) is 2.33. The molecule has 1 aliphatic rings. The summed E-state index contributed by atoms with van der Waals surface area (Å²) in [7, 11) is 0. The van der Waals surface area contributed by atoms with Gasteiger partial charge in [0.15, 0.2) is 0 Å². The second kappa shape index (κ2) is 3.57. The van der Waals surface area contributed by atoms with E-state index in [0.29, 0.717) is 0 Å². The molecule has 1 rings (SSSR count). The van der Waals surface area contributed by atoms with Crippen molar-refractivity contribution in [1.82, 2.24) is 10.2 Å². The molecule has 2 N–H and O–H groups in total. The Kier molecular flexibility index (Phi) is 2.80. The molecule has 0 spiro atoms. The molecule has 1 saturated heterocycles. The second-order valence-electron chi connectivity index (χ2n) is 4.46. The van der Waals surface area contributed by atoms with Crippen LogP contribution >= 0.6 is 0 Å². The number of hydrogen-bond acceptors (Lipinski definition) is 3. The first-order valence-electron chi connectivity index (χ1n) is 4.58. The number of nitrogens with zero attached hydrogens (tertiary/aromatic N) is 1. The lowest BCUT2D eigenvalue weighted by atomic mass is 10.0.